The van der Waals surface area contributed by atoms with Gasteiger partial charge in [-0.05, 0) is 56.5 Å². The normalized spacial score (nSPS) is 16.2. The molecule has 1 aromatic heterocycles. The van der Waals surface area contributed by atoms with Gasteiger partial charge in [0.05, 0.1) is 17.9 Å². The molecule has 1 atom stereocenters. The molecule has 0 aliphatic carbocycles. The van der Waals surface area contributed by atoms with E-state index in [0.717, 1.165) is 27.3 Å². The summed E-state index contributed by atoms with van der Waals surface area (Å²) in [4.78, 5) is 26.4. The predicted molar refractivity (Wildman–Crippen MR) is 128 cm³/mol. The third-order valence-corrected chi connectivity index (χ3v) is 6.66. The van der Waals surface area contributed by atoms with Crippen molar-refractivity contribution in [3.05, 3.63) is 46.3 Å². The number of hydrogen-bond donors (Lipinski definition) is 2. The van der Waals surface area contributed by atoms with Crippen LogP contribution in [-0.2, 0) is 27.2 Å². The lowest BCUT2D eigenvalue weighted by Crippen LogP contribution is -2.42. The van der Waals surface area contributed by atoms with Gasteiger partial charge in [0.25, 0.3) is 0 Å². The summed E-state index contributed by atoms with van der Waals surface area (Å²) in [7, 11) is -0.474. The maximum Gasteiger partial charge on any atom is 0.572 e. The van der Waals surface area contributed by atoms with Gasteiger partial charge in [0, 0.05) is 24.5 Å². The number of carbonyl (C=O) groups is 2. The largest absolute Gasteiger partial charge is 0.572 e. The highest BCUT2D eigenvalue weighted by Gasteiger charge is 2.44. The number of thiophene rings is 1. The Bertz CT molecular complexity index is 1070. The fraction of sp³-hybridized carbons (Fsp3) is 0.478. The van der Waals surface area contributed by atoms with Gasteiger partial charge in [-0.3, -0.25) is 4.90 Å². The molecule has 36 heavy (non-hydrogen) atoms. The van der Waals surface area contributed by atoms with E-state index in [0.29, 0.717) is 25.3 Å². The standard InChI is InChI=1S/C23H28BF3N2O6S/c1-22(2,3)34-21(31)28-12-17-19-15(11-18(36-19)24(32)35-20(30)23(25,26)27)9-10-29(17)13-14-5-7-16(33-4)8-6-14/h5-8,11,17,32H,9-10,12-13H2,1-4H3,(H,28,31). The molecule has 0 radical (unpaired) electrons. The zero-order chi connectivity index (χ0) is 26.7. The number of fused-ring (bicyclic) bond motifs is 1. The second kappa shape index (κ2) is 11.1. The average molecular weight is 528 g/mol. The van der Waals surface area contributed by atoms with E-state index in [-0.39, 0.29) is 17.4 Å². The van der Waals surface area contributed by atoms with E-state index in [4.69, 9.17) is 9.47 Å². The van der Waals surface area contributed by atoms with E-state index in [1.807, 2.05) is 24.3 Å². The van der Waals surface area contributed by atoms with Gasteiger partial charge in [0.2, 0.25) is 0 Å². The summed E-state index contributed by atoms with van der Waals surface area (Å²) in [5.74, 6) is -1.75. The minimum Gasteiger partial charge on any atom is -0.499 e. The average Bonchev–Trinajstić information content (AvgIpc) is 3.21. The van der Waals surface area contributed by atoms with Gasteiger partial charge < -0.3 is 24.5 Å². The Morgan fingerprint density at radius 1 is 1.22 bits per heavy atom. The number of ether oxygens (including phenoxy) is 2. The number of amides is 1. The summed E-state index contributed by atoms with van der Waals surface area (Å²) < 4.78 is 52.5. The molecule has 1 aliphatic rings. The van der Waals surface area contributed by atoms with Crippen molar-refractivity contribution in [2.24, 2.45) is 0 Å². The van der Waals surface area contributed by atoms with Gasteiger partial charge >= 0.3 is 25.4 Å². The molecule has 0 saturated heterocycles. The molecule has 2 N–H and O–H groups in total. The van der Waals surface area contributed by atoms with E-state index in [2.05, 4.69) is 14.9 Å². The maximum absolute atomic E-state index is 12.6. The number of alkyl carbamates (subject to hydrolysis) is 1. The molecule has 8 nitrogen and oxygen atoms in total. The highest BCUT2D eigenvalue weighted by Crippen LogP contribution is 2.34. The van der Waals surface area contributed by atoms with Crippen LogP contribution in [0, 0.1) is 0 Å². The van der Waals surface area contributed by atoms with Crippen LogP contribution in [-0.4, -0.2) is 61.1 Å². The third kappa shape index (κ3) is 7.37. The van der Waals surface area contributed by atoms with Gasteiger partial charge in [-0.25, -0.2) is 9.59 Å². The molecule has 2 heterocycles. The first kappa shape index (κ1) is 27.8. The smallest absolute Gasteiger partial charge is 0.499 e. The Balaban J connectivity index is 1.83. The minimum absolute atomic E-state index is 0.0752. The summed E-state index contributed by atoms with van der Waals surface area (Å²) in [5.41, 5.74) is 1.11. The van der Waals surface area contributed by atoms with Gasteiger partial charge in [0.15, 0.2) is 0 Å². The highest BCUT2D eigenvalue weighted by atomic mass is 32.1. The SMILES string of the molecule is COc1ccc(CN2CCc3cc(B(O)OC(=O)C(F)(F)F)sc3C2CNC(=O)OC(C)(C)C)cc1. The number of nitrogens with zero attached hydrogens (tertiary/aromatic N) is 1. The Morgan fingerprint density at radius 3 is 2.47 bits per heavy atom. The van der Waals surface area contributed by atoms with Crippen molar-refractivity contribution in [3.63, 3.8) is 0 Å². The zero-order valence-corrected chi connectivity index (χ0v) is 21.2. The van der Waals surface area contributed by atoms with Crippen LogP contribution in [0.15, 0.2) is 30.3 Å². The van der Waals surface area contributed by atoms with Crippen molar-refractivity contribution < 1.29 is 41.9 Å². The Labute approximate surface area is 211 Å². The van der Waals surface area contributed by atoms with E-state index in [9.17, 15) is 27.8 Å². The Morgan fingerprint density at radius 2 is 1.89 bits per heavy atom. The van der Waals surface area contributed by atoms with Gasteiger partial charge in [0.1, 0.15) is 11.4 Å². The molecule has 0 saturated carbocycles. The molecule has 1 amide bonds. The Hall–Kier alpha value is -2.77. The third-order valence-electron chi connectivity index (χ3n) is 5.35. The summed E-state index contributed by atoms with van der Waals surface area (Å²) >= 11 is 1.04. The number of halogens is 3. The lowest BCUT2D eigenvalue weighted by molar-refractivity contribution is -0.190. The van der Waals surface area contributed by atoms with Crippen molar-refractivity contribution in [3.8, 4) is 5.75 Å². The molecule has 3 rings (SSSR count). The molecule has 1 aromatic carbocycles. The molecule has 1 aliphatic heterocycles. The van der Waals surface area contributed by atoms with Crippen LogP contribution in [0.25, 0.3) is 0 Å². The van der Waals surface area contributed by atoms with Crippen molar-refractivity contribution in [2.75, 3.05) is 20.2 Å². The zero-order valence-electron chi connectivity index (χ0n) is 20.3. The summed E-state index contributed by atoms with van der Waals surface area (Å²) in [5, 5.41) is 12.9. The molecule has 0 fully saturated rings. The van der Waals surface area contributed by atoms with Crippen molar-refractivity contribution in [2.45, 2.75) is 51.6 Å². The second-order valence-electron chi connectivity index (χ2n) is 9.26. The van der Waals surface area contributed by atoms with Crippen LogP contribution in [0.1, 0.15) is 42.8 Å². The molecule has 2 aromatic rings. The molecule has 0 bridgehead atoms. The lowest BCUT2D eigenvalue weighted by Gasteiger charge is -2.36. The molecular weight excluding hydrogens is 500 g/mol. The number of alkyl halides is 3. The minimum atomic E-state index is -5.22. The predicted octanol–water partition coefficient (Wildman–Crippen LogP) is 3.17. The van der Waals surface area contributed by atoms with Crippen molar-refractivity contribution in [1.82, 2.24) is 10.2 Å². The van der Waals surface area contributed by atoms with E-state index >= 15 is 0 Å². The van der Waals surface area contributed by atoms with Gasteiger partial charge in [-0.1, -0.05) is 12.1 Å². The van der Waals surface area contributed by atoms with Crippen LogP contribution < -0.4 is 14.8 Å². The first-order valence-corrected chi connectivity index (χ1v) is 12.0. The molecule has 13 heteroatoms. The monoisotopic (exact) mass is 528 g/mol. The summed E-state index contributed by atoms with van der Waals surface area (Å²) in [6, 6.07) is 8.72. The van der Waals surface area contributed by atoms with Crippen LogP contribution in [0.4, 0.5) is 18.0 Å². The van der Waals surface area contributed by atoms with Crippen LogP contribution in [0.5, 0.6) is 5.75 Å². The number of rotatable bonds is 7. The van der Waals surface area contributed by atoms with Crippen molar-refractivity contribution in [1.29, 1.82) is 0 Å². The number of methoxy groups -OCH3 is 1. The Kier molecular flexibility index (Phi) is 8.57. The van der Waals surface area contributed by atoms with Gasteiger partial charge in [-0.15, -0.1) is 11.3 Å². The summed E-state index contributed by atoms with van der Waals surface area (Å²) in [6.45, 7) is 6.52. The second-order valence-corrected chi connectivity index (χ2v) is 10.4. The first-order chi connectivity index (χ1) is 16.8. The number of benzene rings is 1. The van der Waals surface area contributed by atoms with E-state index in [1.54, 1.807) is 33.9 Å². The molecular formula is C23H28BF3N2O6S. The number of nitrogens with one attached hydrogen (secondary N) is 1. The molecule has 0 spiro atoms. The quantitative estimate of drug-likeness (QED) is 0.533. The topological polar surface area (TPSA) is 97.3 Å². The van der Waals surface area contributed by atoms with Crippen molar-refractivity contribution >= 4 is 35.3 Å². The first-order valence-electron chi connectivity index (χ1n) is 11.2. The van der Waals surface area contributed by atoms with Crippen LogP contribution in [0.2, 0.25) is 0 Å². The fourth-order valence-electron chi connectivity index (χ4n) is 3.75. The number of hydrogen-bond acceptors (Lipinski definition) is 8. The van der Waals surface area contributed by atoms with Crippen LogP contribution in [0.3, 0.4) is 0 Å². The van der Waals surface area contributed by atoms with Gasteiger partial charge in [-0.2, -0.15) is 13.2 Å². The maximum atomic E-state index is 12.6. The van der Waals surface area contributed by atoms with Crippen LogP contribution >= 0.6 is 11.3 Å². The highest BCUT2D eigenvalue weighted by molar-refractivity contribution is 7.22. The lowest BCUT2D eigenvalue weighted by atomic mass is 9.87. The van der Waals surface area contributed by atoms with E-state index in [1.165, 1.54) is 0 Å². The molecule has 196 valence electrons. The number of carbonyl (C=O) groups excluding carboxylic acids is 2. The molecule has 1 unspecified atom stereocenters. The van der Waals surface area contributed by atoms with E-state index < -0.39 is 31.0 Å². The fourth-order valence-corrected chi connectivity index (χ4v) is 5.01. The summed E-state index contributed by atoms with van der Waals surface area (Å²) in [6.07, 6.45) is -5.26.